The average molecular weight is 432 g/mol. The minimum atomic E-state index is -4.23. The molecule has 29 heavy (non-hydrogen) atoms. The zero-order valence-electron chi connectivity index (χ0n) is 15.8. The third-order valence-corrected chi connectivity index (χ3v) is 7.58. The van der Waals surface area contributed by atoms with Gasteiger partial charge < -0.3 is 5.11 Å². The molecule has 0 spiro atoms. The standard InChI is InChI=1S/C19H23F3N2O4S/c20-17-14-6-11(2-1-3-12-8-19(21,22)9-12)4-5-13(14)7-15(25)18(17)24-10-16(26)23-29(24,27)28/h7,11-12,25H,1-6,8-10H2,(H,23,26)/t11-/m1/s1. The lowest BCUT2D eigenvalue weighted by molar-refractivity contribution is -0.117. The maximum absolute atomic E-state index is 15.2. The van der Waals surface area contributed by atoms with Gasteiger partial charge in [-0.25, -0.2) is 22.2 Å². The van der Waals surface area contributed by atoms with Crippen molar-refractivity contribution in [2.75, 3.05) is 10.8 Å². The molecular formula is C19H23F3N2O4S. The molecule has 1 saturated carbocycles. The molecule has 1 atom stereocenters. The minimum Gasteiger partial charge on any atom is -0.506 e. The third-order valence-electron chi connectivity index (χ3n) is 6.20. The Morgan fingerprint density at radius 3 is 2.55 bits per heavy atom. The van der Waals surface area contributed by atoms with Crippen molar-refractivity contribution < 1.29 is 31.5 Å². The molecule has 1 saturated heterocycles. The Morgan fingerprint density at radius 2 is 1.93 bits per heavy atom. The molecular weight excluding hydrogens is 409 g/mol. The summed E-state index contributed by atoms with van der Waals surface area (Å²) in [6, 6.07) is 1.37. The molecule has 160 valence electrons. The molecule has 0 radical (unpaired) electrons. The number of alkyl halides is 2. The smallest absolute Gasteiger partial charge is 0.326 e. The number of carbonyl (C=O) groups is 1. The number of hydrogen-bond acceptors (Lipinski definition) is 4. The number of rotatable bonds is 5. The van der Waals surface area contributed by atoms with Crippen LogP contribution < -0.4 is 9.03 Å². The monoisotopic (exact) mass is 432 g/mol. The van der Waals surface area contributed by atoms with Gasteiger partial charge in [-0.2, -0.15) is 8.42 Å². The van der Waals surface area contributed by atoms with Crippen molar-refractivity contribution in [1.82, 2.24) is 4.72 Å². The number of hydrogen-bond donors (Lipinski definition) is 2. The number of benzene rings is 1. The normalized spacial score (nSPS) is 25.4. The Hall–Kier alpha value is -1.97. The number of nitrogens with one attached hydrogen (secondary N) is 1. The lowest BCUT2D eigenvalue weighted by Crippen LogP contribution is -2.35. The molecule has 1 amide bonds. The van der Waals surface area contributed by atoms with Crippen molar-refractivity contribution >= 4 is 21.8 Å². The third kappa shape index (κ3) is 3.91. The van der Waals surface area contributed by atoms with E-state index in [4.69, 9.17) is 0 Å². The quantitative estimate of drug-likeness (QED) is 0.749. The summed E-state index contributed by atoms with van der Waals surface area (Å²) >= 11 is 0. The largest absolute Gasteiger partial charge is 0.506 e. The highest BCUT2D eigenvalue weighted by Crippen LogP contribution is 2.45. The summed E-state index contributed by atoms with van der Waals surface area (Å²) in [6.45, 7) is -0.582. The van der Waals surface area contributed by atoms with Gasteiger partial charge >= 0.3 is 10.2 Å². The fourth-order valence-corrected chi connectivity index (χ4v) is 5.89. The summed E-state index contributed by atoms with van der Waals surface area (Å²) in [5.74, 6) is -4.39. The van der Waals surface area contributed by atoms with Gasteiger partial charge in [0.05, 0.1) is 0 Å². The van der Waals surface area contributed by atoms with Crippen LogP contribution in [0.5, 0.6) is 5.75 Å². The lowest BCUT2D eigenvalue weighted by Gasteiger charge is -2.35. The predicted molar refractivity (Wildman–Crippen MR) is 99.5 cm³/mol. The fourth-order valence-electron chi connectivity index (χ4n) is 4.72. The molecule has 0 aromatic heterocycles. The van der Waals surface area contributed by atoms with Crippen LogP contribution in [0.1, 0.15) is 49.7 Å². The van der Waals surface area contributed by atoms with Crippen molar-refractivity contribution in [3.8, 4) is 5.75 Å². The fraction of sp³-hybridized carbons (Fsp3) is 0.632. The number of aromatic hydroxyl groups is 1. The van der Waals surface area contributed by atoms with Gasteiger partial charge in [0.15, 0.2) is 5.82 Å². The Labute approximate surface area is 167 Å². The summed E-state index contributed by atoms with van der Waals surface area (Å²) in [4.78, 5) is 11.5. The molecule has 1 aromatic carbocycles. The summed E-state index contributed by atoms with van der Waals surface area (Å²) in [5, 5.41) is 10.2. The lowest BCUT2D eigenvalue weighted by atomic mass is 9.76. The van der Waals surface area contributed by atoms with Crippen LogP contribution in [-0.4, -0.2) is 31.9 Å². The van der Waals surface area contributed by atoms with Gasteiger partial charge in [-0.1, -0.05) is 19.3 Å². The second-order valence-electron chi connectivity index (χ2n) is 8.40. The maximum Gasteiger partial charge on any atom is 0.326 e. The highest BCUT2D eigenvalue weighted by atomic mass is 32.2. The predicted octanol–water partition coefficient (Wildman–Crippen LogP) is 3.03. The Morgan fingerprint density at radius 1 is 1.24 bits per heavy atom. The number of nitrogens with zero attached hydrogens (tertiary/aromatic N) is 1. The second kappa shape index (κ2) is 7.07. The van der Waals surface area contributed by atoms with Crippen LogP contribution >= 0.6 is 0 Å². The van der Waals surface area contributed by atoms with Gasteiger partial charge in [0.1, 0.15) is 18.0 Å². The zero-order chi connectivity index (χ0) is 21.0. The molecule has 1 aromatic rings. The van der Waals surface area contributed by atoms with Crippen LogP contribution in [0.2, 0.25) is 0 Å². The van der Waals surface area contributed by atoms with Crippen LogP contribution in [0.4, 0.5) is 18.9 Å². The molecule has 3 aliphatic rings. The van der Waals surface area contributed by atoms with Crippen molar-refractivity contribution in [1.29, 1.82) is 0 Å². The van der Waals surface area contributed by atoms with Crippen LogP contribution in [0.15, 0.2) is 6.07 Å². The molecule has 10 heteroatoms. The first-order valence-electron chi connectivity index (χ1n) is 9.80. The van der Waals surface area contributed by atoms with E-state index in [1.807, 2.05) is 0 Å². The van der Waals surface area contributed by atoms with E-state index in [9.17, 15) is 27.1 Å². The maximum atomic E-state index is 15.2. The highest BCUT2D eigenvalue weighted by Gasteiger charge is 2.44. The van der Waals surface area contributed by atoms with Gasteiger partial charge in [-0.15, -0.1) is 0 Å². The van der Waals surface area contributed by atoms with Gasteiger partial charge in [0.25, 0.3) is 5.91 Å². The van der Waals surface area contributed by atoms with Crippen LogP contribution in [0.3, 0.4) is 0 Å². The first-order chi connectivity index (χ1) is 13.6. The molecule has 2 aliphatic carbocycles. The Balaban J connectivity index is 1.47. The summed E-state index contributed by atoms with van der Waals surface area (Å²) < 4.78 is 67.5. The van der Waals surface area contributed by atoms with E-state index in [2.05, 4.69) is 0 Å². The number of halogens is 3. The van der Waals surface area contributed by atoms with Crippen LogP contribution in [0, 0.1) is 17.7 Å². The molecule has 0 unspecified atom stereocenters. The highest BCUT2D eigenvalue weighted by molar-refractivity contribution is 7.92. The van der Waals surface area contributed by atoms with Gasteiger partial charge in [-0.3, -0.25) is 4.79 Å². The second-order valence-corrected chi connectivity index (χ2v) is 10.00. The van der Waals surface area contributed by atoms with E-state index in [1.54, 1.807) is 4.72 Å². The minimum absolute atomic E-state index is 0.0468. The van der Waals surface area contributed by atoms with E-state index >= 15 is 4.39 Å². The SMILES string of the molecule is O=C1CN(c2c(O)cc3c(c2F)C[C@H](CCCC2CC(F)(F)C2)CC3)S(=O)(=O)N1. The zero-order valence-corrected chi connectivity index (χ0v) is 16.6. The molecule has 2 fully saturated rings. The number of anilines is 1. The summed E-state index contributed by atoms with van der Waals surface area (Å²) in [6.07, 6.45) is 3.98. The number of amides is 1. The number of aryl methyl sites for hydroxylation is 1. The van der Waals surface area contributed by atoms with E-state index < -0.39 is 45.8 Å². The number of fused-ring (bicyclic) bond motifs is 1. The topological polar surface area (TPSA) is 86.7 Å². The van der Waals surface area contributed by atoms with Crippen molar-refractivity contribution in [2.45, 2.75) is 57.3 Å². The molecule has 1 heterocycles. The van der Waals surface area contributed by atoms with E-state index in [-0.39, 0.29) is 24.7 Å². The van der Waals surface area contributed by atoms with Crippen LogP contribution in [-0.2, 0) is 27.8 Å². The van der Waals surface area contributed by atoms with Gasteiger partial charge in [0, 0.05) is 12.8 Å². The molecule has 1 aliphatic heterocycles. The molecule has 4 rings (SSSR count). The average Bonchev–Trinajstić information content (AvgIpc) is 2.86. The first kappa shape index (κ1) is 20.3. The van der Waals surface area contributed by atoms with Gasteiger partial charge in [0.2, 0.25) is 5.92 Å². The summed E-state index contributed by atoms with van der Waals surface area (Å²) in [7, 11) is -4.23. The summed E-state index contributed by atoms with van der Waals surface area (Å²) in [5.41, 5.74) is 0.493. The Kier molecular flexibility index (Phi) is 4.95. The van der Waals surface area contributed by atoms with Crippen molar-refractivity contribution in [3.63, 3.8) is 0 Å². The molecule has 6 nitrogen and oxygen atoms in total. The number of carbonyl (C=O) groups excluding carboxylic acids is 1. The molecule has 0 bridgehead atoms. The van der Waals surface area contributed by atoms with E-state index in [0.717, 1.165) is 25.7 Å². The van der Waals surface area contributed by atoms with E-state index in [0.29, 0.717) is 28.3 Å². The molecule has 2 N–H and O–H groups in total. The number of phenols is 1. The van der Waals surface area contributed by atoms with E-state index in [1.165, 1.54) is 6.07 Å². The number of phenolic OH excluding ortho intramolecular Hbond substituents is 1. The van der Waals surface area contributed by atoms with Crippen molar-refractivity contribution in [3.05, 3.63) is 23.0 Å². The first-order valence-corrected chi connectivity index (χ1v) is 11.2. The van der Waals surface area contributed by atoms with Crippen molar-refractivity contribution in [2.24, 2.45) is 11.8 Å². The van der Waals surface area contributed by atoms with Crippen LogP contribution in [0.25, 0.3) is 0 Å². The Bertz CT molecular complexity index is 943. The van der Waals surface area contributed by atoms with Gasteiger partial charge in [-0.05, 0) is 48.3 Å².